The summed E-state index contributed by atoms with van der Waals surface area (Å²) in [6.07, 6.45) is 11.2. The van der Waals surface area contributed by atoms with Crippen molar-refractivity contribution in [1.82, 2.24) is 0 Å². The standard InChI is InChI=1S/C22H32O3/c1-13-5-8-22-12-25-20(18(22)9-13)10-14-15-3-4-17(19(24)11-23)21(15,2)7-6-16(14)22/h9,13-17,20,23H,3-8,10-12H2,1-2H3. The number of fused-ring (bicyclic) bond motifs is 3. The average molecular weight is 344 g/mol. The van der Waals surface area contributed by atoms with Crippen LogP contribution in [0.1, 0.15) is 58.8 Å². The summed E-state index contributed by atoms with van der Waals surface area (Å²) in [7, 11) is 0. The third-order valence-corrected chi connectivity index (χ3v) is 9.15. The first-order valence-corrected chi connectivity index (χ1v) is 10.5. The molecule has 0 aromatic heterocycles. The van der Waals surface area contributed by atoms with Crippen LogP contribution in [0.5, 0.6) is 0 Å². The van der Waals surface area contributed by atoms with E-state index in [1.54, 1.807) is 5.57 Å². The van der Waals surface area contributed by atoms with Crippen LogP contribution in [0.4, 0.5) is 0 Å². The predicted octanol–water partition coefficient (Wildman–Crippen LogP) is 3.75. The Hall–Kier alpha value is -0.670. The fourth-order valence-corrected chi connectivity index (χ4v) is 8.00. The Bertz CT molecular complexity index is 625. The van der Waals surface area contributed by atoms with Crippen LogP contribution in [0.3, 0.4) is 0 Å². The highest BCUT2D eigenvalue weighted by Crippen LogP contribution is 2.69. The van der Waals surface area contributed by atoms with E-state index >= 15 is 0 Å². The van der Waals surface area contributed by atoms with Crippen molar-refractivity contribution in [3.8, 4) is 0 Å². The van der Waals surface area contributed by atoms with Crippen LogP contribution in [0.25, 0.3) is 0 Å². The summed E-state index contributed by atoms with van der Waals surface area (Å²) in [5, 5.41) is 9.43. The van der Waals surface area contributed by atoms with Crippen LogP contribution < -0.4 is 0 Å². The first-order chi connectivity index (χ1) is 12.0. The molecule has 2 bridgehead atoms. The number of Topliss-reactive ketones (excluding diaryl/α,β-unsaturated/α-hetero) is 1. The number of hydrogen-bond donors (Lipinski definition) is 1. The van der Waals surface area contributed by atoms with Gasteiger partial charge >= 0.3 is 0 Å². The first kappa shape index (κ1) is 16.5. The lowest BCUT2D eigenvalue weighted by molar-refractivity contribution is -0.132. The van der Waals surface area contributed by atoms with Crippen LogP contribution in [0.2, 0.25) is 0 Å². The van der Waals surface area contributed by atoms with E-state index in [4.69, 9.17) is 4.74 Å². The van der Waals surface area contributed by atoms with E-state index in [0.29, 0.717) is 29.3 Å². The highest BCUT2D eigenvalue weighted by molar-refractivity contribution is 5.83. The second-order valence-electron chi connectivity index (χ2n) is 10.0. The zero-order valence-corrected chi connectivity index (χ0v) is 15.7. The molecule has 0 amide bonds. The topological polar surface area (TPSA) is 46.5 Å². The highest BCUT2D eigenvalue weighted by Gasteiger charge is 2.64. The molecule has 4 aliphatic carbocycles. The van der Waals surface area contributed by atoms with Gasteiger partial charge in [-0.2, -0.15) is 0 Å². The summed E-state index contributed by atoms with van der Waals surface area (Å²) in [5.41, 5.74) is 2.08. The number of carbonyl (C=O) groups excluding carboxylic acids is 1. The van der Waals surface area contributed by atoms with Crippen LogP contribution in [0, 0.1) is 40.4 Å². The van der Waals surface area contributed by atoms with Crippen molar-refractivity contribution in [2.24, 2.45) is 40.4 Å². The summed E-state index contributed by atoms with van der Waals surface area (Å²) >= 11 is 0. The summed E-state index contributed by atoms with van der Waals surface area (Å²) in [6.45, 7) is 5.38. The van der Waals surface area contributed by atoms with Gasteiger partial charge in [0.2, 0.25) is 0 Å². The molecule has 5 aliphatic rings. The molecule has 0 aromatic rings. The second kappa shape index (κ2) is 5.42. The van der Waals surface area contributed by atoms with E-state index in [2.05, 4.69) is 19.9 Å². The fraction of sp³-hybridized carbons (Fsp3) is 0.864. The molecule has 1 heterocycles. The molecule has 0 radical (unpaired) electrons. The lowest BCUT2D eigenvalue weighted by atomic mass is 9.46. The van der Waals surface area contributed by atoms with Gasteiger partial charge in [0.1, 0.15) is 6.61 Å². The lowest BCUT2D eigenvalue weighted by Gasteiger charge is -2.57. The second-order valence-corrected chi connectivity index (χ2v) is 10.0. The Labute approximate surface area is 151 Å². The van der Waals surface area contributed by atoms with Crippen molar-refractivity contribution in [2.75, 3.05) is 13.2 Å². The molecule has 8 unspecified atom stereocenters. The number of rotatable bonds is 2. The Morgan fingerprint density at radius 2 is 2.08 bits per heavy atom. The summed E-state index contributed by atoms with van der Waals surface area (Å²) in [5.74, 6) is 3.00. The number of aliphatic hydroxyl groups excluding tert-OH is 1. The number of allylic oxidation sites excluding steroid dienone is 1. The molecule has 0 aromatic carbocycles. The molecule has 3 saturated carbocycles. The van der Waals surface area contributed by atoms with Crippen LogP contribution in [0.15, 0.2) is 11.6 Å². The Kier molecular flexibility index (Phi) is 3.58. The van der Waals surface area contributed by atoms with Crippen molar-refractivity contribution < 1.29 is 14.6 Å². The van der Waals surface area contributed by atoms with Crippen molar-refractivity contribution in [2.45, 2.75) is 64.9 Å². The van der Waals surface area contributed by atoms with Gasteiger partial charge in [-0.3, -0.25) is 4.79 Å². The number of aliphatic hydroxyl groups is 1. The largest absolute Gasteiger partial charge is 0.389 e. The van der Waals surface area contributed by atoms with E-state index < -0.39 is 0 Å². The molecule has 5 rings (SSSR count). The summed E-state index contributed by atoms with van der Waals surface area (Å²) in [6, 6.07) is 0. The number of carbonyl (C=O) groups is 1. The molecule has 1 aliphatic heterocycles. The van der Waals surface area contributed by atoms with Crippen molar-refractivity contribution >= 4 is 5.78 Å². The SMILES string of the molecule is CC1C=C2C3CC4C(CCC5(C)C(C(=O)CO)CCC45)C2(CC1)CO3. The van der Waals surface area contributed by atoms with E-state index in [9.17, 15) is 9.90 Å². The van der Waals surface area contributed by atoms with E-state index in [-0.39, 0.29) is 23.7 Å². The molecule has 1 N–H and O–H groups in total. The van der Waals surface area contributed by atoms with E-state index in [0.717, 1.165) is 25.4 Å². The molecule has 3 heteroatoms. The minimum atomic E-state index is -0.276. The zero-order valence-electron chi connectivity index (χ0n) is 15.7. The Morgan fingerprint density at radius 1 is 1.24 bits per heavy atom. The van der Waals surface area contributed by atoms with Gasteiger partial charge in [-0.1, -0.05) is 19.9 Å². The van der Waals surface area contributed by atoms with Gasteiger partial charge in [-0.05, 0) is 79.6 Å². The summed E-state index contributed by atoms with van der Waals surface area (Å²) in [4.78, 5) is 12.4. The van der Waals surface area contributed by atoms with Crippen LogP contribution >= 0.6 is 0 Å². The third-order valence-electron chi connectivity index (χ3n) is 9.15. The van der Waals surface area contributed by atoms with Crippen molar-refractivity contribution in [1.29, 1.82) is 0 Å². The quantitative estimate of drug-likeness (QED) is 0.776. The summed E-state index contributed by atoms with van der Waals surface area (Å²) < 4.78 is 6.36. The molecule has 25 heavy (non-hydrogen) atoms. The van der Waals surface area contributed by atoms with E-state index in [1.165, 1.54) is 32.1 Å². The van der Waals surface area contributed by atoms with Crippen molar-refractivity contribution in [3.63, 3.8) is 0 Å². The number of ketones is 1. The number of hydrogen-bond acceptors (Lipinski definition) is 3. The van der Waals surface area contributed by atoms with Gasteiger partial charge < -0.3 is 9.84 Å². The maximum Gasteiger partial charge on any atom is 0.161 e. The molecule has 3 nitrogen and oxygen atoms in total. The van der Waals surface area contributed by atoms with Gasteiger partial charge in [0.05, 0.1) is 12.7 Å². The molecular weight excluding hydrogens is 312 g/mol. The molecule has 4 fully saturated rings. The van der Waals surface area contributed by atoms with Gasteiger partial charge in [0, 0.05) is 11.3 Å². The van der Waals surface area contributed by atoms with Gasteiger partial charge in [0.15, 0.2) is 5.78 Å². The third kappa shape index (κ3) is 2.03. The Balaban J connectivity index is 1.50. The highest BCUT2D eigenvalue weighted by atomic mass is 16.5. The van der Waals surface area contributed by atoms with E-state index in [1.807, 2.05) is 0 Å². The predicted molar refractivity (Wildman–Crippen MR) is 95.9 cm³/mol. The molecule has 1 saturated heterocycles. The van der Waals surface area contributed by atoms with Gasteiger partial charge in [-0.25, -0.2) is 0 Å². The fourth-order valence-electron chi connectivity index (χ4n) is 8.00. The molecule has 138 valence electrons. The van der Waals surface area contributed by atoms with Gasteiger partial charge in [0.25, 0.3) is 0 Å². The van der Waals surface area contributed by atoms with Crippen molar-refractivity contribution in [3.05, 3.63) is 11.6 Å². The normalized spacial score (nSPS) is 53.6. The monoisotopic (exact) mass is 344 g/mol. The zero-order chi connectivity index (χ0) is 17.4. The minimum absolute atomic E-state index is 0.0860. The Morgan fingerprint density at radius 3 is 2.88 bits per heavy atom. The number of ether oxygens (including phenoxy) is 1. The maximum atomic E-state index is 12.4. The average Bonchev–Trinajstić information content (AvgIpc) is 3.08. The molecule has 8 atom stereocenters. The van der Waals surface area contributed by atoms with Crippen LogP contribution in [-0.4, -0.2) is 30.2 Å². The lowest BCUT2D eigenvalue weighted by Crippen LogP contribution is -2.53. The molecule has 0 spiro atoms. The maximum absolute atomic E-state index is 12.4. The smallest absolute Gasteiger partial charge is 0.161 e. The molecular formula is C22H32O3. The minimum Gasteiger partial charge on any atom is -0.389 e. The first-order valence-electron chi connectivity index (χ1n) is 10.5. The van der Waals surface area contributed by atoms with Crippen LogP contribution in [-0.2, 0) is 9.53 Å². The van der Waals surface area contributed by atoms with Gasteiger partial charge in [-0.15, -0.1) is 0 Å².